The van der Waals surface area contributed by atoms with E-state index in [9.17, 15) is 9.59 Å². The molecule has 0 bridgehead atoms. The van der Waals surface area contributed by atoms with E-state index in [1.54, 1.807) is 24.3 Å². The van der Waals surface area contributed by atoms with Crippen LogP contribution in [-0.4, -0.2) is 11.8 Å². The van der Waals surface area contributed by atoms with Crippen molar-refractivity contribution in [2.24, 2.45) is 0 Å². The number of hydrogen-bond donors (Lipinski definition) is 0. The highest BCUT2D eigenvalue weighted by Gasteiger charge is 2.28. The third-order valence-corrected chi connectivity index (χ3v) is 7.55. The fourth-order valence-electron chi connectivity index (χ4n) is 4.77. The van der Waals surface area contributed by atoms with Gasteiger partial charge >= 0.3 is 5.97 Å². The number of carbonyl (C=O) groups excluding carboxylic acids is 2. The molecule has 5 heteroatoms. The van der Waals surface area contributed by atoms with Crippen molar-refractivity contribution < 1.29 is 19.1 Å². The molecule has 0 amide bonds. The Morgan fingerprint density at radius 1 is 0.789 bits per heavy atom. The smallest absolute Gasteiger partial charge is 0.311 e. The molecule has 0 unspecified atom stereocenters. The Morgan fingerprint density at radius 3 is 1.92 bits per heavy atom. The van der Waals surface area contributed by atoms with E-state index in [4.69, 9.17) is 9.47 Å². The molecule has 0 radical (unpaired) electrons. The van der Waals surface area contributed by atoms with E-state index in [0.717, 1.165) is 22.9 Å². The van der Waals surface area contributed by atoms with Gasteiger partial charge in [0.15, 0.2) is 5.76 Å². The number of benzene rings is 2. The summed E-state index contributed by atoms with van der Waals surface area (Å²) in [6.07, 6.45) is 21.5. The number of rotatable bonds is 18. The minimum absolute atomic E-state index is 0.205. The van der Waals surface area contributed by atoms with E-state index in [2.05, 4.69) is 22.9 Å². The number of halogens is 1. The van der Waals surface area contributed by atoms with Crippen LogP contribution < -0.4 is 9.47 Å². The van der Waals surface area contributed by atoms with Crippen LogP contribution in [0.1, 0.15) is 126 Å². The third-order valence-electron chi connectivity index (χ3n) is 7.02. The van der Waals surface area contributed by atoms with Gasteiger partial charge in [0, 0.05) is 10.9 Å². The molecule has 0 aliphatic carbocycles. The highest BCUT2D eigenvalue weighted by atomic mass is 79.9. The summed E-state index contributed by atoms with van der Waals surface area (Å²) in [5, 5.41) is 0. The molecule has 0 atom stereocenters. The number of carbonyl (C=O) groups is 2. The molecule has 1 aliphatic heterocycles. The van der Waals surface area contributed by atoms with Crippen molar-refractivity contribution in [1.82, 2.24) is 0 Å². The number of hydrogen-bond acceptors (Lipinski definition) is 4. The molecule has 38 heavy (non-hydrogen) atoms. The van der Waals surface area contributed by atoms with E-state index in [1.807, 2.05) is 24.3 Å². The van der Waals surface area contributed by atoms with Crippen molar-refractivity contribution >= 4 is 33.8 Å². The zero-order valence-electron chi connectivity index (χ0n) is 22.9. The number of fused-ring (bicyclic) bond motifs is 1. The maximum Gasteiger partial charge on any atom is 0.311 e. The van der Waals surface area contributed by atoms with Crippen LogP contribution in [-0.2, 0) is 4.79 Å². The van der Waals surface area contributed by atoms with Crippen molar-refractivity contribution in [1.29, 1.82) is 0 Å². The Hall–Kier alpha value is -2.40. The van der Waals surface area contributed by atoms with Gasteiger partial charge in [0.05, 0.1) is 5.56 Å². The molecular weight excluding hydrogens is 540 g/mol. The lowest BCUT2D eigenvalue weighted by molar-refractivity contribution is -0.134. The number of ether oxygens (including phenoxy) is 2. The number of esters is 1. The van der Waals surface area contributed by atoms with Crippen molar-refractivity contribution in [3.05, 3.63) is 63.8 Å². The minimum atomic E-state index is -0.253. The average Bonchev–Trinajstić information content (AvgIpc) is 3.22. The average molecular weight is 584 g/mol. The molecule has 0 saturated carbocycles. The van der Waals surface area contributed by atoms with Crippen LogP contribution in [0.3, 0.4) is 0 Å². The maximum atomic E-state index is 12.8. The summed E-state index contributed by atoms with van der Waals surface area (Å²) in [5.41, 5.74) is 1.30. The molecule has 0 N–H and O–H groups in total. The summed E-state index contributed by atoms with van der Waals surface area (Å²) in [7, 11) is 0. The second-order valence-electron chi connectivity index (χ2n) is 10.3. The van der Waals surface area contributed by atoms with Crippen LogP contribution in [0.25, 0.3) is 6.08 Å². The molecule has 0 fully saturated rings. The summed E-state index contributed by atoms with van der Waals surface area (Å²) in [6, 6.07) is 12.6. The monoisotopic (exact) mass is 582 g/mol. The lowest BCUT2D eigenvalue weighted by Crippen LogP contribution is -2.08. The first-order chi connectivity index (χ1) is 18.6. The molecule has 0 saturated heterocycles. The largest absolute Gasteiger partial charge is 0.452 e. The summed E-state index contributed by atoms with van der Waals surface area (Å²) in [5.74, 6) is 0.681. The van der Waals surface area contributed by atoms with E-state index in [-0.39, 0.29) is 17.5 Å². The standard InChI is InChI=1S/C33H43BrO4/c1-2-3-4-5-6-7-8-9-10-11-12-13-14-15-16-17-32(35)37-28-22-23-30-29(25-28)33(36)31(38-30)24-26-18-20-27(34)21-19-26/h18-25H,2-17H2,1H3/b31-24-. The van der Waals surface area contributed by atoms with E-state index in [0.29, 0.717) is 23.5 Å². The van der Waals surface area contributed by atoms with Crippen LogP contribution >= 0.6 is 15.9 Å². The first-order valence-corrected chi connectivity index (χ1v) is 15.4. The van der Waals surface area contributed by atoms with Crippen molar-refractivity contribution in [3.8, 4) is 11.5 Å². The molecule has 0 spiro atoms. The van der Waals surface area contributed by atoms with Crippen molar-refractivity contribution in [2.45, 2.75) is 110 Å². The molecular formula is C33H43BrO4. The van der Waals surface area contributed by atoms with Crippen LogP contribution in [0.2, 0.25) is 0 Å². The number of unbranched alkanes of at least 4 members (excludes halogenated alkanes) is 14. The first kappa shape index (κ1) is 30.1. The second kappa shape index (κ2) is 17.2. The Kier molecular flexibility index (Phi) is 13.7. The molecule has 4 nitrogen and oxygen atoms in total. The molecule has 2 aromatic carbocycles. The topological polar surface area (TPSA) is 52.6 Å². The van der Waals surface area contributed by atoms with Gasteiger partial charge in [-0.3, -0.25) is 9.59 Å². The Balaban J connectivity index is 1.25. The van der Waals surface area contributed by atoms with Gasteiger partial charge in [-0.2, -0.15) is 0 Å². The van der Waals surface area contributed by atoms with E-state index in [1.165, 1.54) is 83.5 Å². The number of ketones is 1. The van der Waals surface area contributed by atoms with Crippen molar-refractivity contribution in [2.75, 3.05) is 0 Å². The molecule has 1 heterocycles. The van der Waals surface area contributed by atoms with Gasteiger partial charge in [0.25, 0.3) is 0 Å². The fraction of sp³-hybridized carbons (Fsp3) is 0.515. The highest BCUT2D eigenvalue weighted by molar-refractivity contribution is 9.10. The maximum absolute atomic E-state index is 12.8. The molecule has 0 aromatic heterocycles. The summed E-state index contributed by atoms with van der Waals surface area (Å²) < 4.78 is 12.2. The van der Waals surface area contributed by atoms with E-state index < -0.39 is 0 Å². The fourth-order valence-corrected chi connectivity index (χ4v) is 5.03. The number of allylic oxidation sites excluding steroid dienone is 1. The Bertz CT molecular complexity index is 1040. The number of Topliss-reactive ketones (excluding diaryl/α,β-unsaturated/α-hetero) is 1. The van der Waals surface area contributed by atoms with Crippen LogP contribution in [0.5, 0.6) is 11.5 Å². The molecule has 3 rings (SSSR count). The predicted molar refractivity (Wildman–Crippen MR) is 159 cm³/mol. The van der Waals surface area contributed by atoms with Gasteiger partial charge < -0.3 is 9.47 Å². The van der Waals surface area contributed by atoms with Gasteiger partial charge in [-0.25, -0.2) is 0 Å². The Morgan fingerprint density at radius 2 is 1.34 bits per heavy atom. The van der Waals surface area contributed by atoms with Gasteiger partial charge in [-0.05, 0) is 48.4 Å². The van der Waals surface area contributed by atoms with Crippen LogP contribution in [0.4, 0.5) is 0 Å². The molecule has 1 aliphatic rings. The molecule has 2 aromatic rings. The van der Waals surface area contributed by atoms with Gasteiger partial charge in [0.1, 0.15) is 11.5 Å². The quantitative estimate of drug-likeness (QED) is 0.0758. The predicted octanol–water partition coefficient (Wildman–Crippen LogP) is 10.2. The lowest BCUT2D eigenvalue weighted by atomic mass is 10.0. The minimum Gasteiger partial charge on any atom is -0.452 e. The van der Waals surface area contributed by atoms with E-state index >= 15 is 0 Å². The third kappa shape index (κ3) is 10.8. The van der Waals surface area contributed by atoms with Crippen LogP contribution in [0, 0.1) is 0 Å². The zero-order valence-corrected chi connectivity index (χ0v) is 24.5. The zero-order chi connectivity index (χ0) is 27.0. The highest BCUT2D eigenvalue weighted by Crippen LogP contribution is 2.34. The normalized spacial score (nSPS) is 13.5. The second-order valence-corrected chi connectivity index (χ2v) is 11.2. The van der Waals surface area contributed by atoms with Gasteiger partial charge in [0.2, 0.25) is 5.78 Å². The first-order valence-electron chi connectivity index (χ1n) is 14.6. The van der Waals surface area contributed by atoms with Gasteiger partial charge in [-0.15, -0.1) is 0 Å². The Labute approximate surface area is 237 Å². The SMILES string of the molecule is CCCCCCCCCCCCCCCCCC(=O)Oc1ccc2c(c1)C(=O)/C(=C/c1ccc(Br)cc1)O2. The summed E-state index contributed by atoms with van der Waals surface area (Å²) in [4.78, 5) is 25.1. The summed E-state index contributed by atoms with van der Waals surface area (Å²) in [6.45, 7) is 2.27. The molecule has 206 valence electrons. The van der Waals surface area contributed by atoms with Gasteiger partial charge in [-0.1, -0.05) is 125 Å². The van der Waals surface area contributed by atoms with Crippen LogP contribution in [0.15, 0.2) is 52.7 Å². The van der Waals surface area contributed by atoms with Crippen molar-refractivity contribution in [3.63, 3.8) is 0 Å². The summed E-state index contributed by atoms with van der Waals surface area (Å²) >= 11 is 3.41. The lowest BCUT2D eigenvalue weighted by Gasteiger charge is -2.06.